The van der Waals surface area contributed by atoms with Crippen LogP contribution in [-0.4, -0.2) is 0 Å². The fourth-order valence-corrected chi connectivity index (χ4v) is 1.41. The molecule has 0 saturated carbocycles. The van der Waals surface area contributed by atoms with Gasteiger partial charge in [0, 0.05) is 18.6 Å². The SMILES string of the molecule is Cc1c(C)c(C)[c-](C)c1C.[V]. The summed E-state index contributed by atoms with van der Waals surface area (Å²) < 4.78 is 0. The van der Waals surface area contributed by atoms with Crippen LogP contribution < -0.4 is 0 Å². The second-order valence-corrected chi connectivity index (χ2v) is 3.12. The molecule has 0 heterocycles. The van der Waals surface area contributed by atoms with Crippen LogP contribution in [0.15, 0.2) is 0 Å². The van der Waals surface area contributed by atoms with E-state index in [9.17, 15) is 0 Å². The Hall–Kier alpha value is -0.0656. The van der Waals surface area contributed by atoms with Crippen LogP contribution in [0.4, 0.5) is 0 Å². The summed E-state index contributed by atoms with van der Waals surface area (Å²) in [4.78, 5) is 0. The molecular formula is C10H15V-. The van der Waals surface area contributed by atoms with Gasteiger partial charge in [-0.25, -0.2) is 0 Å². The maximum Gasteiger partial charge on any atom is 0 e. The van der Waals surface area contributed by atoms with Gasteiger partial charge < -0.3 is 0 Å². The average molecular weight is 186 g/mol. The van der Waals surface area contributed by atoms with Gasteiger partial charge in [-0.15, -0.1) is 0 Å². The Bertz CT molecular complexity index is 176. The van der Waals surface area contributed by atoms with Gasteiger partial charge in [-0.2, -0.15) is 27.8 Å². The number of rotatable bonds is 0. The van der Waals surface area contributed by atoms with Crippen LogP contribution in [-0.2, 0) is 18.6 Å². The molecule has 1 aromatic carbocycles. The third-order valence-electron chi connectivity index (χ3n) is 2.81. The molecule has 0 fully saturated rings. The quantitative estimate of drug-likeness (QED) is 0.546. The summed E-state index contributed by atoms with van der Waals surface area (Å²) in [6.45, 7) is 11.0. The van der Waals surface area contributed by atoms with Gasteiger partial charge >= 0.3 is 0 Å². The van der Waals surface area contributed by atoms with Gasteiger partial charge in [-0.1, -0.05) is 34.6 Å². The van der Waals surface area contributed by atoms with Gasteiger partial charge in [0.15, 0.2) is 0 Å². The van der Waals surface area contributed by atoms with Crippen molar-refractivity contribution in [2.45, 2.75) is 34.6 Å². The van der Waals surface area contributed by atoms with Gasteiger partial charge in [-0.3, -0.25) is 0 Å². The van der Waals surface area contributed by atoms with Crippen LogP contribution in [0.2, 0.25) is 0 Å². The molecule has 0 atom stereocenters. The van der Waals surface area contributed by atoms with Crippen LogP contribution in [0.1, 0.15) is 27.8 Å². The van der Waals surface area contributed by atoms with E-state index < -0.39 is 0 Å². The molecular weight excluding hydrogens is 171 g/mol. The molecule has 11 heavy (non-hydrogen) atoms. The summed E-state index contributed by atoms with van der Waals surface area (Å²) >= 11 is 0. The molecule has 61 valence electrons. The Morgan fingerprint density at radius 1 is 0.818 bits per heavy atom. The van der Waals surface area contributed by atoms with Crippen LogP contribution in [0.5, 0.6) is 0 Å². The zero-order valence-electron chi connectivity index (χ0n) is 7.95. The monoisotopic (exact) mass is 186 g/mol. The smallest absolute Gasteiger partial charge is 0 e. The molecule has 0 unspecified atom stereocenters. The van der Waals surface area contributed by atoms with Crippen molar-refractivity contribution in [3.05, 3.63) is 27.8 Å². The molecule has 0 aromatic heterocycles. The Morgan fingerprint density at radius 2 is 1.09 bits per heavy atom. The average Bonchev–Trinajstić information content (AvgIpc) is 2.07. The molecule has 0 amide bonds. The first-order valence-corrected chi connectivity index (χ1v) is 3.75. The first kappa shape index (κ1) is 10.9. The van der Waals surface area contributed by atoms with Crippen molar-refractivity contribution < 1.29 is 18.6 Å². The number of hydrogen-bond donors (Lipinski definition) is 0. The second kappa shape index (κ2) is 3.56. The van der Waals surface area contributed by atoms with Crippen LogP contribution in [0, 0.1) is 34.6 Å². The predicted molar refractivity (Wildman–Crippen MR) is 45.7 cm³/mol. The van der Waals surface area contributed by atoms with E-state index in [0.717, 1.165) is 0 Å². The predicted octanol–water partition coefficient (Wildman–Crippen LogP) is 2.95. The molecule has 0 aliphatic rings. The maximum absolute atomic E-state index is 2.20. The molecule has 1 radical (unpaired) electrons. The van der Waals surface area contributed by atoms with Crippen molar-refractivity contribution in [1.82, 2.24) is 0 Å². The minimum Gasteiger partial charge on any atom is -0.196 e. The van der Waals surface area contributed by atoms with Gasteiger partial charge in [0.1, 0.15) is 0 Å². The summed E-state index contributed by atoms with van der Waals surface area (Å²) in [6.07, 6.45) is 0. The van der Waals surface area contributed by atoms with E-state index in [-0.39, 0.29) is 18.6 Å². The zero-order valence-corrected chi connectivity index (χ0v) is 9.34. The molecule has 1 heteroatoms. The minimum atomic E-state index is 0. The topological polar surface area (TPSA) is 0 Å². The summed E-state index contributed by atoms with van der Waals surface area (Å²) in [5.74, 6) is 0. The summed E-state index contributed by atoms with van der Waals surface area (Å²) in [6, 6.07) is 0. The van der Waals surface area contributed by atoms with Crippen molar-refractivity contribution in [3.8, 4) is 0 Å². The van der Waals surface area contributed by atoms with Gasteiger partial charge in [0.25, 0.3) is 0 Å². The molecule has 0 bridgehead atoms. The minimum absolute atomic E-state index is 0. The third-order valence-corrected chi connectivity index (χ3v) is 2.81. The molecule has 0 aliphatic heterocycles. The normalized spacial score (nSPS) is 9.55. The molecule has 0 N–H and O–H groups in total. The summed E-state index contributed by atoms with van der Waals surface area (Å²) in [5.41, 5.74) is 7.34. The van der Waals surface area contributed by atoms with E-state index in [0.29, 0.717) is 0 Å². The van der Waals surface area contributed by atoms with Crippen LogP contribution in [0.3, 0.4) is 0 Å². The van der Waals surface area contributed by atoms with Crippen molar-refractivity contribution in [1.29, 1.82) is 0 Å². The second-order valence-electron chi connectivity index (χ2n) is 3.12. The van der Waals surface area contributed by atoms with E-state index in [1.807, 2.05) is 0 Å². The Balaban J connectivity index is 0.000001000. The third kappa shape index (κ3) is 1.57. The van der Waals surface area contributed by atoms with E-state index in [1.165, 1.54) is 27.8 Å². The van der Waals surface area contributed by atoms with E-state index >= 15 is 0 Å². The van der Waals surface area contributed by atoms with Gasteiger partial charge in [-0.05, 0) is 0 Å². The van der Waals surface area contributed by atoms with Crippen LogP contribution in [0.25, 0.3) is 0 Å². The maximum atomic E-state index is 2.20. The fourth-order valence-electron chi connectivity index (χ4n) is 1.41. The summed E-state index contributed by atoms with van der Waals surface area (Å²) in [7, 11) is 0. The van der Waals surface area contributed by atoms with Crippen LogP contribution >= 0.6 is 0 Å². The van der Waals surface area contributed by atoms with E-state index in [1.54, 1.807) is 0 Å². The largest absolute Gasteiger partial charge is 0.196 e. The Kier molecular flexibility index (Phi) is 3.53. The number of hydrogen-bond acceptors (Lipinski definition) is 0. The van der Waals surface area contributed by atoms with Gasteiger partial charge in [0.05, 0.1) is 0 Å². The van der Waals surface area contributed by atoms with E-state index in [4.69, 9.17) is 0 Å². The molecule has 0 aliphatic carbocycles. The fraction of sp³-hybridized carbons (Fsp3) is 0.500. The van der Waals surface area contributed by atoms with Gasteiger partial charge in [0.2, 0.25) is 0 Å². The van der Waals surface area contributed by atoms with Crippen molar-refractivity contribution in [2.24, 2.45) is 0 Å². The molecule has 1 rings (SSSR count). The molecule has 0 saturated heterocycles. The first-order chi connectivity index (χ1) is 4.55. The molecule has 0 spiro atoms. The first-order valence-electron chi connectivity index (χ1n) is 3.75. The van der Waals surface area contributed by atoms with Crippen molar-refractivity contribution >= 4 is 0 Å². The van der Waals surface area contributed by atoms with Crippen molar-refractivity contribution in [2.75, 3.05) is 0 Å². The zero-order chi connectivity index (χ0) is 7.89. The molecule has 1 aromatic rings. The summed E-state index contributed by atoms with van der Waals surface area (Å²) in [5, 5.41) is 0. The Labute approximate surface area is 81.3 Å². The molecule has 0 nitrogen and oxygen atoms in total. The standard InChI is InChI=1S/C10H15.V/c1-6-7(2)9(4)10(5)8(6)3;/h1-5H3;/q-1;. The Morgan fingerprint density at radius 3 is 1.18 bits per heavy atom. The van der Waals surface area contributed by atoms with E-state index in [2.05, 4.69) is 34.6 Å². The van der Waals surface area contributed by atoms with Crippen molar-refractivity contribution in [3.63, 3.8) is 0 Å².